The van der Waals surface area contributed by atoms with E-state index in [4.69, 9.17) is 11.6 Å². The third-order valence-electron chi connectivity index (χ3n) is 6.52. The van der Waals surface area contributed by atoms with Gasteiger partial charge in [-0.25, -0.2) is 0 Å². The molecular weight excluding hydrogens is 336 g/mol. The number of halogens is 1. The highest BCUT2D eigenvalue weighted by atomic mass is 35.5. The van der Waals surface area contributed by atoms with Gasteiger partial charge in [0.2, 0.25) is 0 Å². The van der Waals surface area contributed by atoms with Gasteiger partial charge in [-0.3, -0.25) is 10.1 Å². The summed E-state index contributed by atoms with van der Waals surface area (Å²) in [5, 5.41) is 15.7. The molecule has 5 rings (SSSR count). The Hall–Kier alpha value is -2.07. The lowest BCUT2D eigenvalue weighted by molar-refractivity contribution is -0.384. The summed E-state index contributed by atoms with van der Waals surface area (Å²) in [4.78, 5) is 10.9. The maximum Gasteiger partial charge on any atom is 0.269 e. The van der Waals surface area contributed by atoms with E-state index in [-0.39, 0.29) is 16.7 Å². The summed E-state index contributed by atoms with van der Waals surface area (Å²) in [5.41, 5.74) is 3.51. The summed E-state index contributed by atoms with van der Waals surface area (Å²) >= 11 is 6.51. The monoisotopic (exact) mass is 354 g/mol. The van der Waals surface area contributed by atoms with Crippen molar-refractivity contribution in [3.63, 3.8) is 0 Å². The number of rotatable bonds is 2. The highest BCUT2D eigenvalue weighted by Gasteiger charge is 2.54. The molecule has 5 heteroatoms. The van der Waals surface area contributed by atoms with Crippen LogP contribution in [-0.4, -0.2) is 4.92 Å². The van der Waals surface area contributed by atoms with Gasteiger partial charge in [0.25, 0.3) is 5.69 Å². The Morgan fingerprint density at radius 3 is 2.68 bits per heavy atom. The lowest BCUT2D eigenvalue weighted by Gasteiger charge is -2.43. The molecule has 3 aliphatic rings. The first-order valence-electron chi connectivity index (χ1n) is 8.93. The fourth-order valence-electron chi connectivity index (χ4n) is 5.62. The van der Waals surface area contributed by atoms with E-state index >= 15 is 0 Å². The number of hydrogen-bond acceptors (Lipinski definition) is 3. The van der Waals surface area contributed by atoms with Crippen molar-refractivity contribution in [2.75, 3.05) is 5.32 Å². The van der Waals surface area contributed by atoms with Crippen LogP contribution in [0.3, 0.4) is 0 Å². The van der Waals surface area contributed by atoms with E-state index in [1.165, 1.54) is 19.3 Å². The van der Waals surface area contributed by atoms with E-state index in [1.807, 2.05) is 24.3 Å². The number of hydrogen-bond donors (Lipinski definition) is 1. The van der Waals surface area contributed by atoms with Crippen LogP contribution in [0.2, 0.25) is 5.02 Å². The van der Waals surface area contributed by atoms with Crippen LogP contribution in [0, 0.1) is 27.9 Å². The summed E-state index contributed by atoms with van der Waals surface area (Å²) in [6.07, 6.45) is 3.74. The van der Waals surface area contributed by atoms with Crippen molar-refractivity contribution in [1.29, 1.82) is 0 Å². The molecule has 2 aromatic carbocycles. The van der Waals surface area contributed by atoms with Crippen molar-refractivity contribution in [3.05, 3.63) is 68.7 Å². The van der Waals surface area contributed by atoms with E-state index in [2.05, 4.69) is 11.4 Å². The lowest BCUT2D eigenvalue weighted by atomic mass is 9.68. The van der Waals surface area contributed by atoms with Gasteiger partial charge in [0.05, 0.1) is 11.0 Å². The Bertz CT molecular complexity index is 869. The van der Waals surface area contributed by atoms with Gasteiger partial charge in [0.15, 0.2) is 0 Å². The molecule has 2 saturated carbocycles. The molecule has 2 bridgehead atoms. The van der Waals surface area contributed by atoms with E-state index in [9.17, 15) is 10.1 Å². The van der Waals surface area contributed by atoms with Crippen LogP contribution in [0.1, 0.15) is 42.3 Å². The number of nitro benzene ring substituents is 1. The predicted molar refractivity (Wildman–Crippen MR) is 98.0 cm³/mol. The second kappa shape index (κ2) is 5.46. The van der Waals surface area contributed by atoms with E-state index in [0.29, 0.717) is 23.7 Å². The van der Waals surface area contributed by atoms with Gasteiger partial charge in [-0.15, -0.1) is 0 Å². The number of benzene rings is 2. The summed E-state index contributed by atoms with van der Waals surface area (Å²) in [6, 6.07) is 13.5. The van der Waals surface area contributed by atoms with Gasteiger partial charge in [-0.1, -0.05) is 29.8 Å². The zero-order chi connectivity index (χ0) is 17.1. The van der Waals surface area contributed by atoms with Crippen LogP contribution < -0.4 is 5.32 Å². The summed E-state index contributed by atoms with van der Waals surface area (Å²) in [6.45, 7) is 0. The maximum absolute atomic E-state index is 11.2. The van der Waals surface area contributed by atoms with E-state index in [0.717, 1.165) is 21.8 Å². The van der Waals surface area contributed by atoms with Gasteiger partial charge in [-0.05, 0) is 66.2 Å². The molecule has 2 aromatic rings. The molecule has 1 N–H and O–H groups in total. The number of fused-ring (bicyclic) bond motifs is 7. The molecule has 0 saturated heterocycles. The molecule has 25 heavy (non-hydrogen) atoms. The first kappa shape index (κ1) is 15.2. The number of nitrogens with one attached hydrogen (secondary N) is 1. The van der Waals surface area contributed by atoms with Crippen LogP contribution in [-0.2, 0) is 0 Å². The van der Waals surface area contributed by atoms with Gasteiger partial charge in [0.1, 0.15) is 0 Å². The minimum atomic E-state index is -0.289. The van der Waals surface area contributed by atoms with Crippen LogP contribution in [0.4, 0.5) is 11.4 Å². The minimum Gasteiger partial charge on any atom is -0.378 e. The Kier molecular flexibility index (Phi) is 3.32. The summed E-state index contributed by atoms with van der Waals surface area (Å²) in [7, 11) is 0. The van der Waals surface area contributed by atoms with Gasteiger partial charge >= 0.3 is 0 Å². The molecule has 0 unspecified atom stereocenters. The van der Waals surface area contributed by atoms with Crippen molar-refractivity contribution in [2.24, 2.45) is 17.8 Å². The molecule has 0 radical (unpaired) electrons. The average Bonchev–Trinajstić information content (AvgIpc) is 3.23. The van der Waals surface area contributed by atoms with E-state index < -0.39 is 0 Å². The molecule has 0 spiro atoms. The quantitative estimate of drug-likeness (QED) is 0.568. The smallest absolute Gasteiger partial charge is 0.269 e. The second-order valence-corrected chi connectivity index (χ2v) is 8.02. The molecule has 4 nitrogen and oxygen atoms in total. The minimum absolute atomic E-state index is 0.183. The Balaban J connectivity index is 1.65. The normalized spacial score (nSPS) is 32.0. The zero-order valence-corrected chi connectivity index (χ0v) is 14.4. The number of nitrogens with zero attached hydrogens (tertiary/aromatic N) is 1. The van der Waals surface area contributed by atoms with Crippen molar-refractivity contribution < 1.29 is 4.92 Å². The molecule has 0 aromatic heterocycles. The zero-order valence-electron chi connectivity index (χ0n) is 13.7. The van der Waals surface area contributed by atoms with Crippen molar-refractivity contribution >= 4 is 23.0 Å². The first-order chi connectivity index (χ1) is 12.1. The van der Waals surface area contributed by atoms with Crippen molar-refractivity contribution in [3.8, 4) is 0 Å². The molecule has 1 aliphatic heterocycles. The Labute approximate surface area is 151 Å². The fourth-order valence-corrected chi connectivity index (χ4v) is 5.88. The van der Waals surface area contributed by atoms with Gasteiger partial charge in [-0.2, -0.15) is 0 Å². The van der Waals surface area contributed by atoms with Crippen LogP contribution in [0.5, 0.6) is 0 Å². The molecular formula is C20H19ClN2O2. The maximum atomic E-state index is 11.2. The highest BCUT2D eigenvalue weighted by Crippen LogP contribution is 2.64. The van der Waals surface area contributed by atoms with Crippen LogP contribution in [0.25, 0.3) is 0 Å². The molecule has 0 amide bonds. The Morgan fingerprint density at radius 1 is 1.08 bits per heavy atom. The topological polar surface area (TPSA) is 55.2 Å². The van der Waals surface area contributed by atoms with Crippen LogP contribution in [0.15, 0.2) is 42.5 Å². The SMILES string of the molecule is O=[N+]([O-])c1ccc2c(c1)[C@@H]1[C@@H]3CC[C@@H](C3)[C@@H]1[C@@H](c1ccccc1Cl)N2. The molecule has 2 fully saturated rings. The van der Waals surface area contributed by atoms with Crippen molar-refractivity contribution in [1.82, 2.24) is 0 Å². The molecule has 2 aliphatic carbocycles. The third kappa shape index (κ3) is 2.20. The molecule has 5 atom stereocenters. The predicted octanol–water partition coefficient (Wildman–Crippen LogP) is 5.54. The van der Waals surface area contributed by atoms with Crippen LogP contribution >= 0.6 is 11.6 Å². The standard InChI is InChI=1S/C20H19ClN2O2/c21-16-4-2-1-3-14(16)20-19-12-6-5-11(9-12)18(19)15-10-13(23(24)25)7-8-17(15)22-20/h1-4,7-8,10-12,18-20,22H,5-6,9H2/t11-,12+,18+,19+,20-/m1/s1. The highest BCUT2D eigenvalue weighted by molar-refractivity contribution is 6.31. The lowest BCUT2D eigenvalue weighted by Crippen LogP contribution is -2.35. The molecule has 1 heterocycles. The Morgan fingerprint density at radius 2 is 1.88 bits per heavy atom. The number of anilines is 1. The van der Waals surface area contributed by atoms with Gasteiger partial charge in [0, 0.05) is 22.8 Å². The van der Waals surface area contributed by atoms with Crippen molar-refractivity contribution in [2.45, 2.75) is 31.2 Å². The largest absolute Gasteiger partial charge is 0.378 e. The first-order valence-corrected chi connectivity index (χ1v) is 9.30. The third-order valence-corrected chi connectivity index (χ3v) is 6.87. The second-order valence-electron chi connectivity index (χ2n) is 7.61. The number of nitro groups is 1. The average molecular weight is 355 g/mol. The fraction of sp³-hybridized carbons (Fsp3) is 0.400. The van der Waals surface area contributed by atoms with Gasteiger partial charge < -0.3 is 5.32 Å². The van der Waals surface area contributed by atoms with E-state index in [1.54, 1.807) is 12.1 Å². The summed E-state index contributed by atoms with van der Waals surface area (Å²) in [5.74, 6) is 2.18. The number of non-ortho nitro benzene ring substituents is 1. The molecule has 128 valence electrons. The summed E-state index contributed by atoms with van der Waals surface area (Å²) < 4.78 is 0.